The van der Waals surface area contributed by atoms with Gasteiger partial charge in [-0.1, -0.05) is 13.8 Å². The number of benzene rings is 1. The van der Waals surface area contributed by atoms with E-state index in [2.05, 4.69) is 0 Å². The second-order valence-electron chi connectivity index (χ2n) is 4.55. The molecule has 0 bridgehead atoms. The fourth-order valence-corrected chi connectivity index (χ4v) is 1.57. The first kappa shape index (κ1) is 12.8. The van der Waals surface area contributed by atoms with E-state index in [1.165, 1.54) is 0 Å². The largest absolute Gasteiger partial charge is 0.496 e. The summed E-state index contributed by atoms with van der Waals surface area (Å²) in [6.07, 6.45) is 0. The molecule has 1 aromatic rings. The first-order valence-electron chi connectivity index (χ1n) is 5.30. The predicted octanol–water partition coefficient (Wildman–Crippen LogP) is 2.28. The van der Waals surface area contributed by atoms with E-state index in [-0.39, 0.29) is 12.0 Å². The lowest BCUT2D eigenvalue weighted by Crippen LogP contribution is -2.22. The molecule has 0 atom stereocenters. The van der Waals surface area contributed by atoms with Crippen molar-refractivity contribution in [3.63, 3.8) is 0 Å². The molecule has 1 N–H and O–H groups in total. The average molecular weight is 224 g/mol. The van der Waals surface area contributed by atoms with Gasteiger partial charge in [-0.2, -0.15) is 0 Å². The summed E-state index contributed by atoms with van der Waals surface area (Å²) in [6.45, 7) is 6.00. The van der Waals surface area contributed by atoms with Crippen LogP contribution >= 0.6 is 0 Å². The van der Waals surface area contributed by atoms with E-state index in [4.69, 9.17) is 9.47 Å². The second kappa shape index (κ2) is 4.74. The Labute approximate surface area is 97.0 Å². The zero-order chi connectivity index (χ0) is 12.3. The van der Waals surface area contributed by atoms with Crippen LogP contribution in [-0.2, 0) is 5.41 Å². The van der Waals surface area contributed by atoms with Gasteiger partial charge in [-0.05, 0) is 24.6 Å². The summed E-state index contributed by atoms with van der Waals surface area (Å²) in [7, 11) is 3.27. The van der Waals surface area contributed by atoms with Crippen molar-refractivity contribution in [1.82, 2.24) is 0 Å². The Bertz CT molecular complexity index is 344. The molecule has 0 saturated heterocycles. The Morgan fingerprint density at radius 1 is 1.12 bits per heavy atom. The van der Waals surface area contributed by atoms with Crippen LogP contribution in [0, 0.1) is 6.92 Å². The van der Waals surface area contributed by atoms with Gasteiger partial charge >= 0.3 is 0 Å². The van der Waals surface area contributed by atoms with Crippen LogP contribution in [0.4, 0.5) is 0 Å². The molecule has 0 heterocycles. The smallest absolute Gasteiger partial charge is 0.125 e. The first-order chi connectivity index (χ1) is 7.46. The van der Waals surface area contributed by atoms with Gasteiger partial charge in [0.05, 0.1) is 20.8 Å². The average Bonchev–Trinajstić information content (AvgIpc) is 2.29. The fraction of sp³-hybridized carbons (Fsp3) is 0.538. The summed E-state index contributed by atoms with van der Waals surface area (Å²) < 4.78 is 10.6. The number of hydrogen-bond donors (Lipinski definition) is 1. The number of aliphatic hydroxyl groups is 1. The second-order valence-corrected chi connectivity index (χ2v) is 4.55. The molecule has 3 heteroatoms. The molecular formula is C13H20O3. The number of methoxy groups -OCH3 is 2. The normalized spacial score (nSPS) is 11.4. The summed E-state index contributed by atoms with van der Waals surface area (Å²) in [6, 6.07) is 3.90. The third-order valence-electron chi connectivity index (χ3n) is 2.93. The van der Waals surface area contributed by atoms with E-state index < -0.39 is 0 Å². The van der Waals surface area contributed by atoms with Gasteiger partial charge in [0.1, 0.15) is 11.5 Å². The topological polar surface area (TPSA) is 38.7 Å². The molecule has 0 radical (unpaired) electrons. The Balaban J connectivity index is 3.32. The van der Waals surface area contributed by atoms with Gasteiger partial charge in [0.25, 0.3) is 0 Å². The van der Waals surface area contributed by atoms with E-state index in [0.717, 1.165) is 22.6 Å². The standard InChI is InChI=1S/C13H20O3/c1-9-11(15-4)6-10(7-12(9)16-5)13(2,3)8-14/h6-7,14H,8H2,1-5H3. The summed E-state index contributed by atoms with van der Waals surface area (Å²) in [5.74, 6) is 1.58. The maximum absolute atomic E-state index is 9.36. The molecule has 0 aliphatic carbocycles. The molecule has 0 aromatic heterocycles. The third kappa shape index (κ3) is 2.30. The van der Waals surface area contributed by atoms with Gasteiger partial charge in [-0.15, -0.1) is 0 Å². The highest BCUT2D eigenvalue weighted by Gasteiger charge is 2.22. The van der Waals surface area contributed by atoms with E-state index in [1.807, 2.05) is 32.9 Å². The fourth-order valence-electron chi connectivity index (χ4n) is 1.57. The lowest BCUT2D eigenvalue weighted by Gasteiger charge is -2.24. The van der Waals surface area contributed by atoms with E-state index in [1.54, 1.807) is 14.2 Å². The lowest BCUT2D eigenvalue weighted by molar-refractivity contribution is 0.217. The van der Waals surface area contributed by atoms with Gasteiger partial charge < -0.3 is 14.6 Å². The molecule has 0 fully saturated rings. The number of rotatable bonds is 4. The minimum absolute atomic E-state index is 0.0857. The zero-order valence-electron chi connectivity index (χ0n) is 10.6. The van der Waals surface area contributed by atoms with Crippen LogP contribution < -0.4 is 9.47 Å². The van der Waals surface area contributed by atoms with E-state index in [0.29, 0.717) is 0 Å². The number of aliphatic hydroxyl groups excluding tert-OH is 1. The molecule has 0 aliphatic heterocycles. The Kier molecular flexibility index (Phi) is 3.81. The van der Waals surface area contributed by atoms with Crippen LogP contribution in [0.1, 0.15) is 25.0 Å². The van der Waals surface area contributed by atoms with Crippen LogP contribution in [0.2, 0.25) is 0 Å². The van der Waals surface area contributed by atoms with Crippen molar-refractivity contribution >= 4 is 0 Å². The van der Waals surface area contributed by atoms with E-state index in [9.17, 15) is 5.11 Å². The van der Waals surface area contributed by atoms with Crippen molar-refractivity contribution in [3.8, 4) is 11.5 Å². The molecule has 0 spiro atoms. The van der Waals surface area contributed by atoms with Crippen molar-refractivity contribution in [1.29, 1.82) is 0 Å². The van der Waals surface area contributed by atoms with Crippen molar-refractivity contribution in [2.45, 2.75) is 26.2 Å². The lowest BCUT2D eigenvalue weighted by atomic mass is 9.85. The minimum atomic E-state index is -0.297. The zero-order valence-corrected chi connectivity index (χ0v) is 10.6. The Morgan fingerprint density at radius 3 is 1.88 bits per heavy atom. The van der Waals surface area contributed by atoms with Crippen LogP contribution in [-0.4, -0.2) is 25.9 Å². The molecule has 0 amide bonds. The highest BCUT2D eigenvalue weighted by atomic mass is 16.5. The molecule has 0 aliphatic rings. The van der Waals surface area contributed by atoms with Crippen LogP contribution in [0.5, 0.6) is 11.5 Å². The molecule has 3 nitrogen and oxygen atoms in total. The number of ether oxygens (including phenoxy) is 2. The quantitative estimate of drug-likeness (QED) is 0.852. The van der Waals surface area contributed by atoms with Crippen LogP contribution in [0.15, 0.2) is 12.1 Å². The SMILES string of the molecule is COc1cc(C(C)(C)CO)cc(OC)c1C. The van der Waals surface area contributed by atoms with Gasteiger partial charge in [0.15, 0.2) is 0 Å². The Morgan fingerprint density at radius 2 is 1.56 bits per heavy atom. The maximum Gasteiger partial charge on any atom is 0.125 e. The molecule has 16 heavy (non-hydrogen) atoms. The van der Waals surface area contributed by atoms with Crippen LogP contribution in [0.3, 0.4) is 0 Å². The Hall–Kier alpha value is -1.22. The summed E-state index contributed by atoms with van der Waals surface area (Å²) in [4.78, 5) is 0. The molecule has 90 valence electrons. The third-order valence-corrected chi connectivity index (χ3v) is 2.93. The summed E-state index contributed by atoms with van der Waals surface area (Å²) >= 11 is 0. The van der Waals surface area contributed by atoms with Gasteiger partial charge in [0.2, 0.25) is 0 Å². The first-order valence-corrected chi connectivity index (χ1v) is 5.30. The molecule has 0 unspecified atom stereocenters. The van der Waals surface area contributed by atoms with Crippen molar-refractivity contribution < 1.29 is 14.6 Å². The van der Waals surface area contributed by atoms with Gasteiger partial charge in [-0.3, -0.25) is 0 Å². The minimum Gasteiger partial charge on any atom is -0.496 e. The monoisotopic (exact) mass is 224 g/mol. The van der Waals surface area contributed by atoms with Crippen molar-refractivity contribution in [2.75, 3.05) is 20.8 Å². The van der Waals surface area contributed by atoms with Gasteiger partial charge in [-0.25, -0.2) is 0 Å². The summed E-state index contributed by atoms with van der Waals surface area (Å²) in [5.41, 5.74) is 1.69. The van der Waals surface area contributed by atoms with E-state index >= 15 is 0 Å². The van der Waals surface area contributed by atoms with Crippen molar-refractivity contribution in [2.24, 2.45) is 0 Å². The highest BCUT2D eigenvalue weighted by Crippen LogP contribution is 2.34. The van der Waals surface area contributed by atoms with Crippen LogP contribution in [0.25, 0.3) is 0 Å². The highest BCUT2D eigenvalue weighted by molar-refractivity contribution is 5.49. The maximum atomic E-state index is 9.36. The predicted molar refractivity (Wildman–Crippen MR) is 64.4 cm³/mol. The van der Waals surface area contributed by atoms with Gasteiger partial charge in [0, 0.05) is 11.0 Å². The van der Waals surface area contributed by atoms with Crippen molar-refractivity contribution in [3.05, 3.63) is 23.3 Å². The molecule has 1 aromatic carbocycles. The molecule has 1 rings (SSSR count). The summed E-state index contributed by atoms with van der Waals surface area (Å²) in [5, 5.41) is 9.36. The molecular weight excluding hydrogens is 204 g/mol. The number of hydrogen-bond acceptors (Lipinski definition) is 3. The molecule has 0 saturated carbocycles.